The summed E-state index contributed by atoms with van der Waals surface area (Å²) in [5, 5.41) is 34.6. The number of H-pyrrole nitrogens is 1. The maximum absolute atomic E-state index is 12.6. The quantitative estimate of drug-likeness (QED) is 0.393. The number of tetrazole rings is 1. The van der Waals surface area contributed by atoms with Gasteiger partial charge in [-0.05, 0) is 42.3 Å². The lowest BCUT2D eigenvalue weighted by atomic mass is 9.99. The van der Waals surface area contributed by atoms with Crippen LogP contribution in [0.1, 0.15) is 35.9 Å². The number of carbonyl (C=O) groups excluding carboxylic acids is 1. The fourth-order valence-corrected chi connectivity index (χ4v) is 3.56. The number of aliphatic hydroxyl groups excluding tert-OH is 1. The Morgan fingerprint density at radius 2 is 1.81 bits per heavy atom. The van der Waals surface area contributed by atoms with Crippen molar-refractivity contribution in [3.63, 3.8) is 0 Å². The van der Waals surface area contributed by atoms with Crippen molar-refractivity contribution >= 4 is 5.97 Å². The largest absolute Gasteiger partial charge is 0.464 e. The number of imidazole rings is 1. The number of aromatic nitrogens is 6. The number of hydrogen-bond acceptors (Lipinski definition) is 8. The average Bonchev–Trinajstić information content (AvgIpc) is 3.46. The van der Waals surface area contributed by atoms with Gasteiger partial charge in [-0.15, -0.1) is 10.2 Å². The molecule has 2 heterocycles. The highest BCUT2D eigenvalue weighted by Crippen LogP contribution is 2.32. The molecule has 0 fully saturated rings. The van der Waals surface area contributed by atoms with Crippen LogP contribution in [0.3, 0.4) is 0 Å². The number of carbonyl (C=O) groups is 1. The molecule has 4 aromatic rings. The third kappa shape index (κ3) is 3.77. The average molecular weight is 434 g/mol. The number of esters is 1. The molecule has 4 rings (SSSR count). The van der Waals surface area contributed by atoms with Crippen LogP contribution < -0.4 is 0 Å². The Kier molecular flexibility index (Phi) is 5.56. The highest BCUT2D eigenvalue weighted by molar-refractivity contribution is 5.90. The molecule has 32 heavy (non-hydrogen) atoms. The van der Waals surface area contributed by atoms with Crippen molar-refractivity contribution in [3.05, 3.63) is 65.7 Å². The first-order valence-corrected chi connectivity index (χ1v) is 9.82. The summed E-state index contributed by atoms with van der Waals surface area (Å²) in [6, 6.07) is 15.0. The van der Waals surface area contributed by atoms with Gasteiger partial charge < -0.3 is 14.9 Å². The van der Waals surface area contributed by atoms with E-state index in [4.69, 9.17) is 4.74 Å². The molecule has 0 unspecified atom stereocenters. The van der Waals surface area contributed by atoms with Gasteiger partial charge in [0, 0.05) is 11.3 Å². The molecule has 0 aliphatic heterocycles. The molecule has 3 N–H and O–H groups in total. The number of hydrogen-bond donors (Lipinski definition) is 3. The van der Waals surface area contributed by atoms with Gasteiger partial charge in [0.25, 0.3) is 0 Å². The fourth-order valence-electron chi connectivity index (χ4n) is 3.56. The van der Waals surface area contributed by atoms with E-state index in [-0.39, 0.29) is 17.2 Å². The van der Waals surface area contributed by atoms with Crippen LogP contribution in [0, 0.1) is 0 Å². The lowest BCUT2D eigenvalue weighted by Gasteiger charge is -2.17. The van der Waals surface area contributed by atoms with Crippen LogP contribution in [0.15, 0.2) is 48.5 Å². The number of nitrogens with one attached hydrogen (secondary N) is 1. The number of methoxy groups -OCH3 is 1. The second-order valence-corrected chi connectivity index (χ2v) is 7.60. The molecule has 0 aliphatic rings. The van der Waals surface area contributed by atoms with Crippen LogP contribution in [0.25, 0.3) is 28.2 Å². The number of aliphatic hydroxyl groups is 2. The smallest absolute Gasteiger partial charge is 0.357 e. The topological polar surface area (TPSA) is 139 Å². The second kappa shape index (κ2) is 8.33. The molecule has 2 aromatic heterocycles. The third-order valence-corrected chi connectivity index (χ3v) is 5.00. The molecule has 10 heteroatoms. The summed E-state index contributed by atoms with van der Waals surface area (Å²) in [4.78, 5) is 16.9. The van der Waals surface area contributed by atoms with Crippen LogP contribution in [0.2, 0.25) is 0 Å². The van der Waals surface area contributed by atoms with Gasteiger partial charge >= 0.3 is 5.97 Å². The van der Waals surface area contributed by atoms with E-state index in [1.54, 1.807) is 12.1 Å². The maximum atomic E-state index is 12.6. The Morgan fingerprint density at radius 3 is 2.38 bits per heavy atom. The van der Waals surface area contributed by atoms with Crippen LogP contribution in [-0.2, 0) is 16.9 Å². The summed E-state index contributed by atoms with van der Waals surface area (Å²) < 4.78 is 6.42. The highest BCUT2D eigenvalue weighted by atomic mass is 16.5. The molecule has 0 aliphatic carbocycles. The van der Waals surface area contributed by atoms with Gasteiger partial charge in [-0.1, -0.05) is 36.4 Å². The summed E-state index contributed by atoms with van der Waals surface area (Å²) in [6.07, 6.45) is 0. The van der Waals surface area contributed by atoms with Crippen molar-refractivity contribution in [1.82, 2.24) is 30.2 Å². The Balaban J connectivity index is 1.83. The van der Waals surface area contributed by atoms with E-state index in [0.717, 1.165) is 16.7 Å². The number of rotatable bonds is 6. The molecule has 0 bridgehead atoms. The summed E-state index contributed by atoms with van der Waals surface area (Å²) >= 11 is 0. The lowest BCUT2D eigenvalue weighted by molar-refractivity contribution is 0.0535. The molecule has 164 valence electrons. The summed E-state index contributed by atoms with van der Waals surface area (Å²) in [5.41, 5.74) is 1.96. The van der Waals surface area contributed by atoms with E-state index in [1.165, 1.54) is 25.5 Å². The van der Waals surface area contributed by atoms with Crippen molar-refractivity contribution in [2.75, 3.05) is 7.11 Å². The Bertz CT molecular complexity index is 1240. The van der Waals surface area contributed by atoms with Gasteiger partial charge in [0.05, 0.1) is 7.11 Å². The van der Waals surface area contributed by atoms with E-state index in [2.05, 4.69) is 25.6 Å². The first-order chi connectivity index (χ1) is 15.3. The standard InChI is InChI=1S/C22H22N6O4/c1-22(2,31)19-18(21(30)32-3)28(17(12-29)23-19)14-10-8-13(9-11-14)15-6-4-5-7-16(15)20-24-26-27-25-20/h4-11,29,31H,12H2,1-3H3,(H,24,25,26,27). The molecule has 10 nitrogen and oxygen atoms in total. The van der Waals surface area contributed by atoms with E-state index >= 15 is 0 Å². The maximum Gasteiger partial charge on any atom is 0.357 e. The van der Waals surface area contributed by atoms with Crippen LogP contribution in [0.4, 0.5) is 0 Å². The monoisotopic (exact) mass is 434 g/mol. The Hall–Kier alpha value is -3.89. The minimum atomic E-state index is -1.41. The molecule has 0 atom stereocenters. The Labute approximate surface area is 183 Å². The molecule has 0 saturated heterocycles. The number of benzene rings is 2. The number of ether oxygens (including phenoxy) is 1. The molecule has 0 saturated carbocycles. The first kappa shape index (κ1) is 21.3. The zero-order valence-corrected chi connectivity index (χ0v) is 17.8. The van der Waals surface area contributed by atoms with Crippen LogP contribution in [-0.4, -0.2) is 53.5 Å². The van der Waals surface area contributed by atoms with Gasteiger partial charge in [0.1, 0.15) is 23.7 Å². The van der Waals surface area contributed by atoms with Crippen molar-refractivity contribution < 1.29 is 19.7 Å². The number of nitrogens with zero attached hydrogens (tertiary/aromatic N) is 5. The lowest BCUT2D eigenvalue weighted by Crippen LogP contribution is -2.22. The zero-order chi connectivity index (χ0) is 22.9. The molecule has 0 amide bonds. The second-order valence-electron chi connectivity index (χ2n) is 7.60. The first-order valence-electron chi connectivity index (χ1n) is 9.82. The fraction of sp³-hybridized carbons (Fsp3) is 0.227. The van der Waals surface area contributed by atoms with Crippen molar-refractivity contribution in [2.24, 2.45) is 0 Å². The van der Waals surface area contributed by atoms with Crippen molar-refractivity contribution in [2.45, 2.75) is 26.1 Å². The summed E-state index contributed by atoms with van der Waals surface area (Å²) in [6.45, 7) is 2.61. The van der Waals surface area contributed by atoms with E-state index in [0.29, 0.717) is 11.5 Å². The predicted molar refractivity (Wildman–Crippen MR) is 115 cm³/mol. The molecule has 0 spiro atoms. The van der Waals surface area contributed by atoms with Crippen LogP contribution >= 0.6 is 0 Å². The molecule has 2 aromatic carbocycles. The molecular formula is C22H22N6O4. The zero-order valence-electron chi connectivity index (χ0n) is 17.8. The summed E-state index contributed by atoms with van der Waals surface area (Å²) in [5.74, 6) is 0.0213. The van der Waals surface area contributed by atoms with E-state index in [1.807, 2.05) is 36.4 Å². The van der Waals surface area contributed by atoms with E-state index < -0.39 is 18.2 Å². The SMILES string of the molecule is COC(=O)c1c(C(C)(C)O)nc(CO)n1-c1ccc(-c2ccccc2-c2nn[nH]n2)cc1. The van der Waals surface area contributed by atoms with E-state index in [9.17, 15) is 15.0 Å². The Morgan fingerprint density at radius 1 is 1.12 bits per heavy atom. The predicted octanol–water partition coefficient (Wildman–Crippen LogP) is 2.23. The van der Waals surface area contributed by atoms with Gasteiger partial charge in [-0.2, -0.15) is 5.21 Å². The molecular weight excluding hydrogens is 412 g/mol. The number of aromatic amines is 1. The van der Waals surface area contributed by atoms with Crippen molar-refractivity contribution in [1.29, 1.82) is 0 Å². The summed E-state index contributed by atoms with van der Waals surface area (Å²) in [7, 11) is 1.25. The van der Waals surface area contributed by atoms with Gasteiger partial charge in [-0.25, -0.2) is 9.78 Å². The minimum absolute atomic E-state index is 0.0593. The van der Waals surface area contributed by atoms with Gasteiger partial charge in [0.2, 0.25) is 5.82 Å². The van der Waals surface area contributed by atoms with Crippen molar-refractivity contribution in [3.8, 4) is 28.2 Å². The molecule has 0 radical (unpaired) electrons. The van der Waals surface area contributed by atoms with Gasteiger partial charge in [0.15, 0.2) is 5.69 Å². The third-order valence-electron chi connectivity index (χ3n) is 5.00. The normalized spacial score (nSPS) is 11.5. The highest BCUT2D eigenvalue weighted by Gasteiger charge is 2.32. The van der Waals surface area contributed by atoms with Crippen LogP contribution in [0.5, 0.6) is 0 Å². The minimum Gasteiger partial charge on any atom is -0.464 e. The van der Waals surface area contributed by atoms with Gasteiger partial charge in [-0.3, -0.25) is 4.57 Å².